The SMILES string of the molecule is C[C@@H](N)C(=O)N1CCN(CC(F)(F)F)CC1. The van der Waals surface area contributed by atoms with Gasteiger partial charge in [0.1, 0.15) is 0 Å². The molecule has 0 spiro atoms. The minimum Gasteiger partial charge on any atom is -0.339 e. The zero-order valence-corrected chi connectivity index (χ0v) is 9.13. The Bertz CT molecular complexity index is 247. The van der Waals surface area contributed by atoms with Crippen molar-refractivity contribution in [2.45, 2.75) is 19.1 Å². The first-order chi connectivity index (χ1) is 7.29. The number of hydrogen-bond donors (Lipinski definition) is 1. The van der Waals surface area contributed by atoms with Crippen LogP contribution in [0, 0.1) is 0 Å². The number of piperazine rings is 1. The molecular formula is C9H16F3N3O. The number of alkyl halides is 3. The van der Waals surface area contributed by atoms with Gasteiger partial charge in [-0.25, -0.2) is 0 Å². The molecule has 0 bridgehead atoms. The van der Waals surface area contributed by atoms with Crippen molar-refractivity contribution in [1.82, 2.24) is 9.80 Å². The van der Waals surface area contributed by atoms with E-state index < -0.39 is 18.8 Å². The molecule has 1 heterocycles. The molecule has 0 aromatic rings. The van der Waals surface area contributed by atoms with Gasteiger partial charge in [-0.3, -0.25) is 9.69 Å². The minimum atomic E-state index is -4.17. The van der Waals surface area contributed by atoms with E-state index in [0.29, 0.717) is 13.1 Å². The highest BCUT2D eigenvalue weighted by Gasteiger charge is 2.33. The smallest absolute Gasteiger partial charge is 0.339 e. The van der Waals surface area contributed by atoms with Crippen LogP contribution in [0.15, 0.2) is 0 Å². The topological polar surface area (TPSA) is 49.6 Å². The number of halogens is 3. The third kappa shape index (κ3) is 3.97. The third-order valence-electron chi connectivity index (χ3n) is 2.48. The summed E-state index contributed by atoms with van der Waals surface area (Å²) >= 11 is 0. The first kappa shape index (κ1) is 13.2. The third-order valence-corrected chi connectivity index (χ3v) is 2.48. The Hall–Kier alpha value is -0.820. The maximum atomic E-state index is 12.1. The van der Waals surface area contributed by atoms with Gasteiger partial charge in [0, 0.05) is 26.2 Å². The zero-order valence-electron chi connectivity index (χ0n) is 9.13. The van der Waals surface area contributed by atoms with Crippen LogP contribution in [-0.4, -0.2) is 60.6 Å². The Morgan fingerprint density at radius 3 is 2.19 bits per heavy atom. The van der Waals surface area contributed by atoms with E-state index >= 15 is 0 Å². The van der Waals surface area contributed by atoms with Crippen LogP contribution in [0.5, 0.6) is 0 Å². The van der Waals surface area contributed by atoms with E-state index in [1.807, 2.05) is 0 Å². The van der Waals surface area contributed by atoms with E-state index in [1.165, 1.54) is 9.80 Å². The van der Waals surface area contributed by atoms with Crippen LogP contribution in [0.2, 0.25) is 0 Å². The molecule has 1 amide bonds. The van der Waals surface area contributed by atoms with Crippen molar-refractivity contribution in [3.8, 4) is 0 Å². The molecule has 16 heavy (non-hydrogen) atoms. The summed E-state index contributed by atoms with van der Waals surface area (Å²) in [4.78, 5) is 14.3. The van der Waals surface area contributed by atoms with Crippen molar-refractivity contribution in [3.05, 3.63) is 0 Å². The Labute approximate surface area is 92.2 Å². The summed E-state index contributed by atoms with van der Waals surface area (Å²) in [6, 6.07) is -0.589. The Morgan fingerprint density at radius 2 is 1.81 bits per heavy atom. The molecule has 0 aliphatic carbocycles. The molecule has 4 nitrogen and oxygen atoms in total. The second kappa shape index (κ2) is 5.01. The molecule has 0 aromatic carbocycles. The van der Waals surface area contributed by atoms with Crippen LogP contribution in [0.1, 0.15) is 6.92 Å². The number of carbonyl (C=O) groups is 1. The van der Waals surface area contributed by atoms with Gasteiger partial charge in [0.25, 0.3) is 0 Å². The quantitative estimate of drug-likeness (QED) is 0.740. The van der Waals surface area contributed by atoms with Crippen LogP contribution in [0.3, 0.4) is 0 Å². The average molecular weight is 239 g/mol. The van der Waals surface area contributed by atoms with Gasteiger partial charge >= 0.3 is 6.18 Å². The van der Waals surface area contributed by atoms with Gasteiger partial charge in [0.2, 0.25) is 5.91 Å². The molecule has 0 unspecified atom stereocenters. The summed E-state index contributed by atoms with van der Waals surface area (Å²) in [5, 5.41) is 0. The fraction of sp³-hybridized carbons (Fsp3) is 0.889. The van der Waals surface area contributed by atoms with Crippen LogP contribution in [0.4, 0.5) is 13.2 Å². The van der Waals surface area contributed by atoms with Crippen molar-refractivity contribution in [1.29, 1.82) is 0 Å². The molecule has 1 aliphatic rings. The van der Waals surface area contributed by atoms with Crippen molar-refractivity contribution in [2.24, 2.45) is 5.73 Å². The molecule has 1 aliphatic heterocycles. The molecule has 0 aromatic heterocycles. The standard InChI is InChI=1S/C9H16F3N3O/c1-7(13)8(16)15-4-2-14(3-5-15)6-9(10,11)12/h7H,2-6,13H2,1H3/t7-/m1/s1. The predicted molar refractivity (Wildman–Crippen MR) is 52.7 cm³/mol. The fourth-order valence-electron chi connectivity index (χ4n) is 1.67. The highest BCUT2D eigenvalue weighted by Crippen LogP contribution is 2.17. The van der Waals surface area contributed by atoms with Crippen molar-refractivity contribution < 1.29 is 18.0 Å². The van der Waals surface area contributed by atoms with E-state index in [4.69, 9.17) is 5.73 Å². The number of nitrogens with two attached hydrogens (primary N) is 1. The van der Waals surface area contributed by atoms with E-state index in [9.17, 15) is 18.0 Å². The highest BCUT2D eigenvalue weighted by molar-refractivity contribution is 5.81. The van der Waals surface area contributed by atoms with Gasteiger partial charge in [-0.05, 0) is 6.92 Å². The lowest BCUT2D eigenvalue weighted by Crippen LogP contribution is -2.53. The van der Waals surface area contributed by atoms with E-state index in [1.54, 1.807) is 6.92 Å². The molecule has 2 N–H and O–H groups in total. The van der Waals surface area contributed by atoms with Gasteiger partial charge in [0.05, 0.1) is 12.6 Å². The predicted octanol–water partition coefficient (Wildman–Crippen LogP) is 0.0401. The van der Waals surface area contributed by atoms with Crippen LogP contribution >= 0.6 is 0 Å². The van der Waals surface area contributed by atoms with Crippen LogP contribution < -0.4 is 5.73 Å². The van der Waals surface area contributed by atoms with Crippen LogP contribution in [0.25, 0.3) is 0 Å². The zero-order chi connectivity index (χ0) is 12.3. The molecule has 0 radical (unpaired) electrons. The number of hydrogen-bond acceptors (Lipinski definition) is 3. The highest BCUT2D eigenvalue weighted by atomic mass is 19.4. The van der Waals surface area contributed by atoms with Crippen molar-refractivity contribution >= 4 is 5.91 Å². The Balaban J connectivity index is 2.37. The first-order valence-electron chi connectivity index (χ1n) is 5.13. The summed E-state index contributed by atoms with van der Waals surface area (Å²) in [7, 11) is 0. The minimum absolute atomic E-state index is 0.202. The second-order valence-corrected chi connectivity index (χ2v) is 4.01. The Morgan fingerprint density at radius 1 is 1.31 bits per heavy atom. The summed E-state index contributed by atoms with van der Waals surface area (Å²) in [5.74, 6) is -0.202. The fourth-order valence-corrected chi connectivity index (χ4v) is 1.67. The van der Waals surface area contributed by atoms with Gasteiger partial charge in [-0.1, -0.05) is 0 Å². The first-order valence-corrected chi connectivity index (χ1v) is 5.13. The molecule has 1 saturated heterocycles. The monoisotopic (exact) mass is 239 g/mol. The van der Waals surface area contributed by atoms with Crippen molar-refractivity contribution in [2.75, 3.05) is 32.7 Å². The van der Waals surface area contributed by atoms with Gasteiger partial charge < -0.3 is 10.6 Å². The molecule has 1 rings (SSSR count). The van der Waals surface area contributed by atoms with Crippen LogP contribution in [-0.2, 0) is 4.79 Å². The lowest BCUT2D eigenvalue weighted by molar-refractivity contribution is -0.152. The molecule has 1 fully saturated rings. The largest absolute Gasteiger partial charge is 0.401 e. The number of nitrogens with zero attached hydrogens (tertiary/aromatic N) is 2. The number of amides is 1. The molecule has 1 atom stereocenters. The molecule has 7 heteroatoms. The van der Waals surface area contributed by atoms with E-state index in [-0.39, 0.29) is 19.0 Å². The molecule has 94 valence electrons. The maximum Gasteiger partial charge on any atom is 0.401 e. The van der Waals surface area contributed by atoms with E-state index in [0.717, 1.165) is 0 Å². The van der Waals surface area contributed by atoms with Gasteiger partial charge in [-0.15, -0.1) is 0 Å². The summed E-state index contributed by atoms with van der Waals surface area (Å²) in [6.07, 6.45) is -4.17. The van der Waals surface area contributed by atoms with E-state index in [2.05, 4.69) is 0 Å². The lowest BCUT2D eigenvalue weighted by atomic mass is 10.2. The summed E-state index contributed by atoms with van der Waals surface area (Å²) in [6.45, 7) is 1.79. The number of carbonyl (C=O) groups excluding carboxylic acids is 1. The second-order valence-electron chi connectivity index (χ2n) is 4.01. The average Bonchev–Trinajstić information content (AvgIpc) is 2.15. The normalized spacial score (nSPS) is 20.9. The summed E-state index contributed by atoms with van der Waals surface area (Å²) < 4.78 is 36.2. The van der Waals surface area contributed by atoms with Gasteiger partial charge in [-0.2, -0.15) is 13.2 Å². The van der Waals surface area contributed by atoms with Gasteiger partial charge in [0.15, 0.2) is 0 Å². The molecular weight excluding hydrogens is 223 g/mol. The van der Waals surface area contributed by atoms with Crippen molar-refractivity contribution in [3.63, 3.8) is 0 Å². The maximum absolute atomic E-state index is 12.1. The molecule has 0 saturated carbocycles. The summed E-state index contributed by atoms with van der Waals surface area (Å²) in [5.41, 5.74) is 5.42. The Kier molecular flexibility index (Phi) is 4.15. The number of rotatable bonds is 2. The lowest BCUT2D eigenvalue weighted by Gasteiger charge is -2.35.